The smallest absolute Gasteiger partial charge is 0.251 e. The number of carbonyl (C=O) groups excluding carboxylic acids is 2. The van der Waals surface area contributed by atoms with Crippen LogP contribution in [-0.2, 0) is 17.6 Å². The lowest BCUT2D eigenvalue weighted by atomic mass is 10.1. The Kier molecular flexibility index (Phi) is 5.92. The molecule has 0 heterocycles. The topological polar surface area (TPSA) is 58.2 Å². The Balaban J connectivity index is 1.87. The standard InChI is InChI=1S/C19H22N2O2/c1-3-15-7-9-16(10-8-15)11-12-20-19(23)17-5-4-6-18(13-17)21-14(2)22/h4-10,13H,3,11-12H2,1-2H3,(H,20,23)(H,21,22). The molecule has 2 N–H and O–H groups in total. The van der Waals surface area contributed by atoms with Crippen molar-refractivity contribution in [1.82, 2.24) is 5.32 Å². The van der Waals surface area contributed by atoms with Crippen LogP contribution in [0.25, 0.3) is 0 Å². The molecule has 2 aromatic rings. The summed E-state index contributed by atoms with van der Waals surface area (Å²) >= 11 is 0. The van der Waals surface area contributed by atoms with Crippen LogP contribution < -0.4 is 10.6 Å². The van der Waals surface area contributed by atoms with Crippen molar-refractivity contribution in [3.8, 4) is 0 Å². The zero-order chi connectivity index (χ0) is 16.7. The number of anilines is 1. The Morgan fingerprint density at radius 2 is 1.70 bits per heavy atom. The fourth-order valence-corrected chi connectivity index (χ4v) is 2.31. The summed E-state index contributed by atoms with van der Waals surface area (Å²) in [6.45, 7) is 4.15. The van der Waals surface area contributed by atoms with E-state index in [0.29, 0.717) is 17.8 Å². The Bertz CT molecular complexity index is 678. The summed E-state index contributed by atoms with van der Waals surface area (Å²) < 4.78 is 0. The van der Waals surface area contributed by atoms with Crippen LogP contribution in [0.3, 0.4) is 0 Å². The molecule has 0 aliphatic heterocycles. The first kappa shape index (κ1) is 16.7. The first-order valence-electron chi connectivity index (χ1n) is 7.82. The van der Waals surface area contributed by atoms with E-state index in [4.69, 9.17) is 0 Å². The minimum absolute atomic E-state index is 0.137. The lowest BCUT2D eigenvalue weighted by Crippen LogP contribution is -2.25. The third-order valence-electron chi connectivity index (χ3n) is 3.58. The zero-order valence-electron chi connectivity index (χ0n) is 13.6. The maximum atomic E-state index is 12.1. The quantitative estimate of drug-likeness (QED) is 0.861. The predicted octanol–water partition coefficient (Wildman–Crippen LogP) is 3.18. The van der Waals surface area contributed by atoms with Crippen LogP contribution in [0.15, 0.2) is 48.5 Å². The molecule has 0 spiro atoms. The van der Waals surface area contributed by atoms with Crippen molar-refractivity contribution in [2.24, 2.45) is 0 Å². The molecule has 4 nitrogen and oxygen atoms in total. The third kappa shape index (κ3) is 5.25. The van der Waals surface area contributed by atoms with Gasteiger partial charge in [-0.1, -0.05) is 37.3 Å². The summed E-state index contributed by atoms with van der Waals surface area (Å²) in [5, 5.41) is 5.58. The molecule has 2 rings (SSSR count). The molecule has 0 fully saturated rings. The summed E-state index contributed by atoms with van der Waals surface area (Å²) in [5.74, 6) is -0.291. The van der Waals surface area contributed by atoms with Crippen molar-refractivity contribution in [1.29, 1.82) is 0 Å². The fraction of sp³-hybridized carbons (Fsp3) is 0.263. The highest BCUT2D eigenvalue weighted by atomic mass is 16.2. The third-order valence-corrected chi connectivity index (χ3v) is 3.58. The molecule has 0 saturated heterocycles. The SMILES string of the molecule is CCc1ccc(CCNC(=O)c2cccc(NC(C)=O)c2)cc1. The number of benzene rings is 2. The zero-order valence-corrected chi connectivity index (χ0v) is 13.6. The van der Waals surface area contributed by atoms with E-state index in [1.165, 1.54) is 18.1 Å². The van der Waals surface area contributed by atoms with Gasteiger partial charge in [0.25, 0.3) is 5.91 Å². The van der Waals surface area contributed by atoms with E-state index in [1.54, 1.807) is 24.3 Å². The lowest BCUT2D eigenvalue weighted by molar-refractivity contribution is -0.114. The van der Waals surface area contributed by atoms with E-state index in [2.05, 4.69) is 41.8 Å². The summed E-state index contributed by atoms with van der Waals surface area (Å²) in [6.07, 6.45) is 1.82. The average Bonchev–Trinajstić information content (AvgIpc) is 2.55. The fourth-order valence-electron chi connectivity index (χ4n) is 2.31. The maximum Gasteiger partial charge on any atom is 0.251 e. The summed E-state index contributed by atoms with van der Waals surface area (Å²) in [5.41, 5.74) is 3.68. The van der Waals surface area contributed by atoms with Gasteiger partial charge >= 0.3 is 0 Å². The van der Waals surface area contributed by atoms with Gasteiger partial charge in [0, 0.05) is 24.7 Å². The highest BCUT2D eigenvalue weighted by Gasteiger charge is 2.06. The second kappa shape index (κ2) is 8.13. The number of carbonyl (C=O) groups is 2. The number of amides is 2. The molecule has 4 heteroatoms. The summed E-state index contributed by atoms with van der Waals surface area (Å²) in [6, 6.07) is 15.4. The number of nitrogens with one attached hydrogen (secondary N) is 2. The van der Waals surface area contributed by atoms with Crippen LogP contribution >= 0.6 is 0 Å². The normalized spacial score (nSPS) is 10.2. The minimum atomic E-state index is -0.155. The van der Waals surface area contributed by atoms with Crippen molar-refractivity contribution in [3.05, 3.63) is 65.2 Å². The first-order chi connectivity index (χ1) is 11.1. The van der Waals surface area contributed by atoms with Gasteiger partial charge < -0.3 is 10.6 Å². The molecule has 0 atom stereocenters. The van der Waals surface area contributed by atoms with Gasteiger partial charge in [-0.05, 0) is 42.2 Å². The second-order valence-electron chi connectivity index (χ2n) is 5.44. The van der Waals surface area contributed by atoms with Crippen molar-refractivity contribution >= 4 is 17.5 Å². The molecule has 0 saturated carbocycles. The Hall–Kier alpha value is -2.62. The Labute approximate surface area is 136 Å². The molecule has 120 valence electrons. The predicted molar refractivity (Wildman–Crippen MR) is 92.6 cm³/mol. The van der Waals surface area contributed by atoms with Gasteiger partial charge in [-0.15, -0.1) is 0 Å². The molecule has 0 unspecified atom stereocenters. The molecule has 0 aromatic heterocycles. The number of hydrogen-bond donors (Lipinski definition) is 2. The molecule has 2 aromatic carbocycles. The van der Waals surface area contributed by atoms with E-state index in [-0.39, 0.29) is 11.8 Å². The van der Waals surface area contributed by atoms with Crippen molar-refractivity contribution in [3.63, 3.8) is 0 Å². The number of aryl methyl sites for hydroxylation is 1. The number of hydrogen-bond acceptors (Lipinski definition) is 2. The maximum absolute atomic E-state index is 12.1. The second-order valence-corrected chi connectivity index (χ2v) is 5.44. The molecule has 0 aliphatic rings. The summed E-state index contributed by atoms with van der Waals surface area (Å²) in [7, 11) is 0. The molecule has 23 heavy (non-hydrogen) atoms. The van der Waals surface area contributed by atoms with Gasteiger partial charge in [0.15, 0.2) is 0 Å². The Morgan fingerprint density at radius 3 is 2.35 bits per heavy atom. The van der Waals surface area contributed by atoms with Gasteiger partial charge in [0.1, 0.15) is 0 Å². The van der Waals surface area contributed by atoms with Gasteiger partial charge in [0.05, 0.1) is 0 Å². The van der Waals surface area contributed by atoms with Gasteiger partial charge in [-0.3, -0.25) is 9.59 Å². The monoisotopic (exact) mass is 310 g/mol. The van der Waals surface area contributed by atoms with Gasteiger partial charge in [-0.25, -0.2) is 0 Å². The molecule has 0 radical (unpaired) electrons. The van der Waals surface area contributed by atoms with Crippen LogP contribution in [0.1, 0.15) is 35.3 Å². The van der Waals surface area contributed by atoms with Crippen LogP contribution in [0.5, 0.6) is 0 Å². The van der Waals surface area contributed by atoms with Gasteiger partial charge in [-0.2, -0.15) is 0 Å². The van der Waals surface area contributed by atoms with Gasteiger partial charge in [0.2, 0.25) is 5.91 Å². The highest BCUT2D eigenvalue weighted by Crippen LogP contribution is 2.11. The van der Waals surface area contributed by atoms with Crippen molar-refractivity contribution in [2.75, 3.05) is 11.9 Å². The van der Waals surface area contributed by atoms with E-state index in [1.807, 2.05) is 0 Å². The average molecular weight is 310 g/mol. The molecule has 0 bridgehead atoms. The highest BCUT2D eigenvalue weighted by molar-refractivity contribution is 5.96. The van der Waals surface area contributed by atoms with E-state index in [0.717, 1.165) is 12.8 Å². The van der Waals surface area contributed by atoms with E-state index >= 15 is 0 Å². The first-order valence-corrected chi connectivity index (χ1v) is 7.82. The molecule has 0 aliphatic carbocycles. The number of rotatable bonds is 6. The molecule has 2 amide bonds. The van der Waals surface area contributed by atoms with Crippen LogP contribution in [-0.4, -0.2) is 18.4 Å². The summed E-state index contributed by atoms with van der Waals surface area (Å²) in [4.78, 5) is 23.2. The molecular formula is C19H22N2O2. The van der Waals surface area contributed by atoms with E-state index in [9.17, 15) is 9.59 Å². The van der Waals surface area contributed by atoms with Crippen molar-refractivity contribution in [2.45, 2.75) is 26.7 Å². The van der Waals surface area contributed by atoms with Crippen LogP contribution in [0.2, 0.25) is 0 Å². The largest absolute Gasteiger partial charge is 0.352 e. The van der Waals surface area contributed by atoms with Crippen molar-refractivity contribution < 1.29 is 9.59 Å². The van der Waals surface area contributed by atoms with Crippen LogP contribution in [0.4, 0.5) is 5.69 Å². The Morgan fingerprint density at radius 1 is 1.00 bits per heavy atom. The minimum Gasteiger partial charge on any atom is -0.352 e. The van der Waals surface area contributed by atoms with E-state index < -0.39 is 0 Å². The molecular weight excluding hydrogens is 288 g/mol. The van der Waals surface area contributed by atoms with Crippen LogP contribution in [0, 0.1) is 0 Å². The lowest BCUT2D eigenvalue weighted by Gasteiger charge is -2.08.